The lowest BCUT2D eigenvalue weighted by molar-refractivity contribution is -0.122. The highest BCUT2D eigenvalue weighted by Crippen LogP contribution is 2.27. The number of nitrogens with zero attached hydrogens (tertiary/aromatic N) is 1. The molecule has 3 N–H and O–H groups in total. The van der Waals surface area contributed by atoms with E-state index in [4.69, 9.17) is 5.73 Å². The maximum absolute atomic E-state index is 11.4. The third kappa shape index (κ3) is 4.28. The number of nitrogens with one attached hydrogen (secondary N) is 1. The van der Waals surface area contributed by atoms with E-state index in [1.807, 2.05) is 6.92 Å². The topological polar surface area (TPSA) is 58.4 Å². The normalized spacial score (nSPS) is 24.6. The van der Waals surface area contributed by atoms with Gasteiger partial charge in [0.05, 0.1) is 6.54 Å². The van der Waals surface area contributed by atoms with Gasteiger partial charge in [-0.1, -0.05) is 13.8 Å². The van der Waals surface area contributed by atoms with E-state index in [2.05, 4.69) is 24.1 Å². The maximum atomic E-state index is 11.4. The first kappa shape index (κ1) is 15.7. The lowest BCUT2D eigenvalue weighted by atomic mass is 9.80. The monoisotopic (exact) mass is 249 g/mol. The van der Waals surface area contributed by atoms with Crippen LogP contribution in [0, 0.1) is 5.41 Å². The minimum atomic E-state index is 0. The molecule has 1 fully saturated rings. The van der Waals surface area contributed by atoms with Crippen LogP contribution < -0.4 is 11.1 Å². The zero-order chi connectivity index (χ0) is 11.5. The molecule has 0 spiro atoms. The van der Waals surface area contributed by atoms with Crippen LogP contribution in [0.4, 0.5) is 0 Å². The molecular formula is C11H24ClN3O. The second-order valence-electron chi connectivity index (χ2n) is 5.05. The van der Waals surface area contributed by atoms with E-state index in [-0.39, 0.29) is 29.8 Å². The summed E-state index contributed by atoms with van der Waals surface area (Å²) in [6.45, 7) is 9.32. The largest absolute Gasteiger partial charge is 0.355 e. The molecular weight excluding hydrogens is 226 g/mol. The summed E-state index contributed by atoms with van der Waals surface area (Å²) in [4.78, 5) is 13.6. The van der Waals surface area contributed by atoms with Gasteiger partial charge < -0.3 is 11.1 Å². The molecule has 1 unspecified atom stereocenters. The Morgan fingerprint density at radius 1 is 1.56 bits per heavy atom. The lowest BCUT2D eigenvalue weighted by Crippen LogP contribution is -2.54. The number of piperidine rings is 1. The number of amides is 1. The Hall–Kier alpha value is -0.320. The molecule has 1 aliphatic heterocycles. The third-order valence-corrected chi connectivity index (χ3v) is 3.13. The number of likely N-dealkylation sites (N-methyl/N-ethyl adjacent to an activating group) is 1. The Morgan fingerprint density at radius 2 is 2.19 bits per heavy atom. The van der Waals surface area contributed by atoms with Gasteiger partial charge >= 0.3 is 0 Å². The van der Waals surface area contributed by atoms with E-state index in [9.17, 15) is 4.79 Å². The highest BCUT2D eigenvalue weighted by molar-refractivity contribution is 5.85. The van der Waals surface area contributed by atoms with Crippen molar-refractivity contribution >= 4 is 18.3 Å². The Balaban J connectivity index is 0.00000225. The average Bonchev–Trinajstić information content (AvgIpc) is 2.11. The molecule has 0 saturated carbocycles. The molecule has 1 atom stereocenters. The number of halogens is 1. The molecule has 1 heterocycles. The molecule has 1 aliphatic rings. The van der Waals surface area contributed by atoms with E-state index in [0.29, 0.717) is 13.1 Å². The molecule has 5 heteroatoms. The Labute approximate surface area is 104 Å². The van der Waals surface area contributed by atoms with Gasteiger partial charge in [-0.15, -0.1) is 12.4 Å². The standard InChI is InChI=1S/C11H23N3O.ClH/c1-4-13-10(15)7-14-6-5-9(12)11(2,3)8-14;/h9H,4-8,12H2,1-3H3,(H,13,15);1H. The lowest BCUT2D eigenvalue weighted by Gasteiger charge is -2.42. The van der Waals surface area contributed by atoms with Crippen molar-refractivity contribution in [1.29, 1.82) is 0 Å². The summed E-state index contributed by atoms with van der Waals surface area (Å²) < 4.78 is 0. The average molecular weight is 250 g/mol. The summed E-state index contributed by atoms with van der Waals surface area (Å²) in [5, 5.41) is 2.82. The minimum Gasteiger partial charge on any atom is -0.355 e. The van der Waals surface area contributed by atoms with Crippen LogP contribution in [0.1, 0.15) is 27.2 Å². The molecule has 0 aromatic rings. The molecule has 4 nitrogen and oxygen atoms in total. The molecule has 96 valence electrons. The van der Waals surface area contributed by atoms with Crippen LogP contribution in [-0.2, 0) is 4.79 Å². The summed E-state index contributed by atoms with van der Waals surface area (Å²) in [5.74, 6) is 0.115. The van der Waals surface area contributed by atoms with Gasteiger partial charge in [0.15, 0.2) is 0 Å². The van der Waals surface area contributed by atoms with Crippen molar-refractivity contribution < 1.29 is 4.79 Å². The zero-order valence-corrected chi connectivity index (χ0v) is 11.3. The van der Waals surface area contributed by atoms with Crippen LogP contribution in [0.2, 0.25) is 0 Å². The second-order valence-corrected chi connectivity index (χ2v) is 5.05. The zero-order valence-electron chi connectivity index (χ0n) is 10.5. The van der Waals surface area contributed by atoms with Crippen LogP contribution in [0.25, 0.3) is 0 Å². The number of hydrogen-bond acceptors (Lipinski definition) is 3. The molecule has 0 bridgehead atoms. The first-order valence-corrected chi connectivity index (χ1v) is 5.70. The smallest absolute Gasteiger partial charge is 0.234 e. The highest BCUT2D eigenvalue weighted by atomic mass is 35.5. The van der Waals surface area contributed by atoms with Gasteiger partial charge in [-0.05, 0) is 18.8 Å². The summed E-state index contributed by atoms with van der Waals surface area (Å²) >= 11 is 0. The van der Waals surface area contributed by atoms with E-state index in [1.165, 1.54) is 0 Å². The van der Waals surface area contributed by atoms with Gasteiger partial charge in [-0.3, -0.25) is 9.69 Å². The first-order valence-electron chi connectivity index (χ1n) is 5.70. The molecule has 1 saturated heterocycles. The predicted octanol–water partition coefficient (Wildman–Crippen LogP) is 0.604. The number of carbonyl (C=O) groups excluding carboxylic acids is 1. The van der Waals surface area contributed by atoms with Crippen molar-refractivity contribution in [2.45, 2.75) is 33.2 Å². The predicted molar refractivity (Wildman–Crippen MR) is 68.7 cm³/mol. The van der Waals surface area contributed by atoms with Crippen LogP contribution in [0.5, 0.6) is 0 Å². The number of nitrogens with two attached hydrogens (primary N) is 1. The van der Waals surface area contributed by atoms with Crippen molar-refractivity contribution in [1.82, 2.24) is 10.2 Å². The molecule has 1 rings (SSSR count). The summed E-state index contributed by atoms with van der Waals surface area (Å²) in [7, 11) is 0. The molecule has 16 heavy (non-hydrogen) atoms. The Bertz CT molecular complexity index is 233. The Kier molecular flexibility index (Phi) is 6.30. The molecule has 0 aromatic heterocycles. The second kappa shape index (κ2) is 6.42. The van der Waals surface area contributed by atoms with Gasteiger partial charge in [0.25, 0.3) is 0 Å². The van der Waals surface area contributed by atoms with Gasteiger partial charge in [0, 0.05) is 25.7 Å². The molecule has 0 radical (unpaired) electrons. The van der Waals surface area contributed by atoms with Gasteiger partial charge in [-0.2, -0.15) is 0 Å². The van der Waals surface area contributed by atoms with Crippen LogP contribution in [0.3, 0.4) is 0 Å². The third-order valence-electron chi connectivity index (χ3n) is 3.13. The fourth-order valence-corrected chi connectivity index (χ4v) is 2.08. The number of carbonyl (C=O) groups is 1. The van der Waals surface area contributed by atoms with E-state index >= 15 is 0 Å². The van der Waals surface area contributed by atoms with Crippen molar-refractivity contribution in [3.63, 3.8) is 0 Å². The van der Waals surface area contributed by atoms with Crippen LogP contribution in [0.15, 0.2) is 0 Å². The van der Waals surface area contributed by atoms with Gasteiger partial charge in [0.1, 0.15) is 0 Å². The van der Waals surface area contributed by atoms with Crippen LogP contribution in [-0.4, -0.2) is 43.0 Å². The SMILES string of the molecule is CCNC(=O)CN1CCC(N)C(C)(C)C1.Cl. The number of likely N-dealkylation sites (tertiary alicyclic amines) is 1. The van der Waals surface area contributed by atoms with Crippen molar-refractivity contribution in [2.75, 3.05) is 26.2 Å². The summed E-state index contributed by atoms with van der Waals surface area (Å²) in [5.41, 5.74) is 6.15. The van der Waals surface area contributed by atoms with E-state index in [0.717, 1.165) is 19.5 Å². The number of hydrogen-bond donors (Lipinski definition) is 2. The molecule has 1 amide bonds. The van der Waals surface area contributed by atoms with Crippen molar-refractivity contribution in [2.24, 2.45) is 11.1 Å². The summed E-state index contributed by atoms with van der Waals surface area (Å²) in [6.07, 6.45) is 0.979. The van der Waals surface area contributed by atoms with Gasteiger partial charge in [-0.25, -0.2) is 0 Å². The maximum Gasteiger partial charge on any atom is 0.234 e. The minimum absolute atomic E-state index is 0. The summed E-state index contributed by atoms with van der Waals surface area (Å²) in [6, 6.07) is 0.253. The first-order chi connectivity index (χ1) is 6.95. The molecule has 0 aliphatic carbocycles. The molecule has 0 aromatic carbocycles. The van der Waals surface area contributed by atoms with E-state index < -0.39 is 0 Å². The van der Waals surface area contributed by atoms with E-state index in [1.54, 1.807) is 0 Å². The fraction of sp³-hybridized carbons (Fsp3) is 0.909. The van der Waals surface area contributed by atoms with Crippen molar-refractivity contribution in [3.05, 3.63) is 0 Å². The highest BCUT2D eigenvalue weighted by Gasteiger charge is 2.33. The number of rotatable bonds is 3. The quantitative estimate of drug-likeness (QED) is 0.770. The van der Waals surface area contributed by atoms with Gasteiger partial charge in [0.2, 0.25) is 5.91 Å². The van der Waals surface area contributed by atoms with Crippen LogP contribution >= 0.6 is 12.4 Å². The Morgan fingerprint density at radius 3 is 2.69 bits per heavy atom. The fourth-order valence-electron chi connectivity index (χ4n) is 2.08. The van der Waals surface area contributed by atoms with Crippen molar-refractivity contribution in [3.8, 4) is 0 Å².